The molecule has 0 spiro atoms. The van der Waals surface area contributed by atoms with Crippen LogP contribution in [0.15, 0.2) is 0 Å². The van der Waals surface area contributed by atoms with Gasteiger partial charge >= 0.3 is 5.97 Å². The molecular formula is C11H21NO4. The molecule has 0 saturated carbocycles. The summed E-state index contributed by atoms with van der Waals surface area (Å²) in [5.74, 6) is -0.859. The average molecular weight is 231 g/mol. The van der Waals surface area contributed by atoms with Crippen molar-refractivity contribution in [3.63, 3.8) is 0 Å². The summed E-state index contributed by atoms with van der Waals surface area (Å²) >= 11 is 0. The predicted molar refractivity (Wildman–Crippen MR) is 60.2 cm³/mol. The van der Waals surface area contributed by atoms with Gasteiger partial charge in [-0.2, -0.15) is 0 Å². The quantitative estimate of drug-likeness (QED) is 0.584. The molecule has 0 rings (SSSR count). The molecule has 0 heterocycles. The molecule has 16 heavy (non-hydrogen) atoms. The van der Waals surface area contributed by atoms with Crippen LogP contribution in [-0.4, -0.2) is 36.2 Å². The van der Waals surface area contributed by atoms with E-state index in [-0.39, 0.29) is 18.4 Å². The average Bonchev–Trinajstić information content (AvgIpc) is 2.22. The van der Waals surface area contributed by atoms with Gasteiger partial charge in [0.2, 0.25) is 5.91 Å². The number of carboxylic acids is 1. The van der Waals surface area contributed by atoms with Gasteiger partial charge in [0.1, 0.15) is 0 Å². The summed E-state index contributed by atoms with van der Waals surface area (Å²) in [5.41, 5.74) is 0. The lowest BCUT2D eigenvalue weighted by atomic mass is 10.2. The first kappa shape index (κ1) is 14.9. The second-order valence-electron chi connectivity index (χ2n) is 3.67. The fraction of sp³-hybridized carbons (Fsp3) is 0.818. The van der Waals surface area contributed by atoms with Crippen LogP contribution in [0.1, 0.15) is 39.5 Å². The molecule has 0 aliphatic heterocycles. The second kappa shape index (κ2) is 9.15. The Balaban J connectivity index is 3.41. The summed E-state index contributed by atoms with van der Waals surface area (Å²) in [7, 11) is 0. The van der Waals surface area contributed by atoms with Crippen molar-refractivity contribution in [2.24, 2.45) is 0 Å². The van der Waals surface area contributed by atoms with E-state index in [1.54, 1.807) is 0 Å². The first-order chi connectivity index (χ1) is 7.56. The third-order valence-corrected chi connectivity index (χ3v) is 2.08. The van der Waals surface area contributed by atoms with Crippen LogP contribution in [0.4, 0.5) is 0 Å². The molecular weight excluding hydrogens is 210 g/mol. The Labute approximate surface area is 96.2 Å². The lowest BCUT2D eigenvalue weighted by molar-refractivity contribution is -0.137. The Kier molecular flexibility index (Phi) is 8.52. The van der Waals surface area contributed by atoms with Gasteiger partial charge in [-0.15, -0.1) is 0 Å². The normalized spacial score (nSPS) is 12.1. The van der Waals surface area contributed by atoms with Crippen LogP contribution in [0.3, 0.4) is 0 Å². The smallest absolute Gasteiger partial charge is 0.303 e. The van der Waals surface area contributed by atoms with Crippen molar-refractivity contribution < 1.29 is 19.4 Å². The molecule has 0 aromatic heterocycles. The van der Waals surface area contributed by atoms with E-state index in [1.807, 2.05) is 13.8 Å². The molecule has 1 atom stereocenters. The highest BCUT2D eigenvalue weighted by Crippen LogP contribution is 1.99. The number of carbonyl (C=O) groups excluding carboxylic acids is 1. The molecule has 0 aromatic rings. The predicted octanol–water partition coefficient (Wildman–Crippen LogP) is 1.17. The standard InChI is InChI=1S/C11H21NO4/c1-3-16-9(2)8-12-10(13)6-4-5-7-11(14)15/h9H,3-8H2,1-2H3,(H,12,13)(H,14,15). The van der Waals surface area contributed by atoms with Crippen LogP contribution in [0.2, 0.25) is 0 Å². The van der Waals surface area contributed by atoms with E-state index in [2.05, 4.69) is 5.32 Å². The van der Waals surface area contributed by atoms with Crippen LogP contribution < -0.4 is 5.32 Å². The van der Waals surface area contributed by atoms with Crippen molar-refractivity contribution in [2.45, 2.75) is 45.6 Å². The maximum Gasteiger partial charge on any atom is 0.303 e. The van der Waals surface area contributed by atoms with Gasteiger partial charge in [0, 0.05) is 26.0 Å². The summed E-state index contributed by atoms with van der Waals surface area (Å²) in [4.78, 5) is 21.5. The number of rotatable bonds is 9. The molecule has 0 saturated heterocycles. The van der Waals surface area contributed by atoms with Crippen molar-refractivity contribution in [2.75, 3.05) is 13.2 Å². The van der Waals surface area contributed by atoms with E-state index < -0.39 is 5.97 Å². The number of unbranched alkanes of at least 4 members (excludes halogenated alkanes) is 1. The molecule has 0 radical (unpaired) electrons. The maximum atomic E-state index is 11.3. The molecule has 5 heteroatoms. The van der Waals surface area contributed by atoms with Gasteiger partial charge in [0.15, 0.2) is 0 Å². The maximum absolute atomic E-state index is 11.3. The van der Waals surface area contributed by atoms with E-state index in [1.165, 1.54) is 0 Å². The zero-order valence-corrected chi connectivity index (χ0v) is 9.99. The number of carboxylic acid groups (broad SMARTS) is 1. The lowest BCUT2D eigenvalue weighted by Gasteiger charge is -2.12. The largest absolute Gasteiger partial charge is 0.481 e. The number of hydrogen-bond acceptors (Lipinski definition) is 3. The summed E-state index contributed by atoms with van der Waals surface area (Å²) in [6, 6.07) is 0. The Hall–Kier alpha value is -1.10. The molecule has 0 aliphatic rings. The minimum atomic E-state index is -0.814. The topological polar surface area (TPSA) is 75.6 Å². The van der Waals surface area contributed by atoms with Gasteiger partial charge in [0.05, 0.1) is 6.10 Å². The van der Waals surface area contributed by atoms with Crippen LogP contribution >= 0.6 is 0 Å². The van der Waals surface area contributed by atoms with Crippen LogP contribution in [0, 0.1) is 0 Å². The monoisotopic (exact) mass is 231 g/mol. The number of amides is 1. The highest BCUT2D eigenvalue weighted by molar-refractivity contribution is 5.75. The van der Waals surface area contributed by atoms with Gasteiger partial charge in [-0.1, -0.05) is 0 Å². The summed E-state index contributed by atoms with van der Waals surface area (Å²) < 4.78 is 5.26. The number of nitrogens with one attached hydrogen (secondary N) is 1. The second-order valence-corrected chi connectivity index (χ2v) is 3.67. The van der Waals surface area contributed by atoms with Gasteiger partial charge in [-0.05, 0) is 26.7 Å². The van der Waals surface area contributed by atoms with Gasteiger partial charge < -0.3 is 15.2 Å². The van der Waals surface area contributed by atoms with Gasteiger partial charge in [0.25, 0.3) is 0 Å². The zero-order chi connectivity index (χ0) is 12.4. The molecule has 0 fully saturated rings. The SMILES string of the molecule is CCOC(C)CNC(=O)CCCCC(=O)O. The van der Waals surface area contributed by atoms with Crippen molar-refractivity contribution in [1.29, 1.82) is 0 Å². The van der Waals surface area contributed by atoms with E-state index in [0.29, 0.717) is 32.4 Å². The number of ether oxygens (including phenoxy) is 1. The van der Waals surface area contributed by atoms with Crippen molar-refractivity contribution in [1.82, 2.24) is 5.32 Å². The van der Waals surface area contributed by atoms with Crippen molar-refractivity contribution >= 4 is 11.9 Å². The number of carbonyl (C=O) groups is 2. The Bertz CT molecular complexity index is 218. The fourth-order valence-corrected chi connectivity index (χ4v) is 1.25. The van der Waals surface area contributed by atoms with Crippen LogP contribution in [0.25, 0.3) is 0 Å². The van der Waals surface area contributed by atoms with Gasteiger partial charge in [-0.25, -0.2) is 0 Å². The summed E-state index contributed by atoms with van der Waals surface area (Å²) in [5, 5.41) is 11.1. The van der Waals surface area contributed by atoms with Crippen molar-refractivity contribution in [3.05, 3.63) is 0 Å². The van der Waals surface area contributed by atoms with Crippen LogP contribution in [0.5, 0.6) is 0 Å². The Morgan fingerprint density at radius 2 is 1.94 bits per heavy atom. The van der Waals surface area contributed by atoms with Gasteiger partial charge in [-0.3, -0.25) is 9.59 Å². The Morgan fingerprint density at radius 3 is 2.50 bits per heavy atom. The zero-order valence-electron chi connectivity index (χ0n) is 9.99. The van der Waals surface area contributed by atoms with E-state index in [4.69, 9.17) is 9.84 Å². The summed E-state index contributed by atoms with van der Waals surface area (Å²) in [6.07, 6.45) is 1.69. The van der Waals surface area contributed by atoms with E-state index in [9.17, 15) is 9.59 Å². The molecule has 5 nitrogen and oxygen atoms in total. The highest BCUT2D eigenvalue weighted by Gasteiger charge is 2.05. The van der Waals surface area contributed by atoms with E-state index >= 15 is 0 Å². The molecule has 0 bridgehead atoms. The molecule has 2 N–H and O–H groups in total. The molecule has 0 aliphatic carbocycles. The minimum absolute atomic E-state index is 0.0213. The molecule has 0 aromatic carbocycles. The fourth-order valence-electron chi connectivity index (χ4n) is 1.25. The summed E-state index contributed by atoms with van der Waals surface area (Å²) in [6.45, 7) is 4.94. The molecule has 94 valence electrons. The van der Waals surface area contributed by atoms with Crippen molar-refractivity contribution in [3.8, 4) is 0 Å². The third kappa shape index (κ3) is 9.45. The highest BCUT2D eigenvalue weighted by atomic mass is 16.5. The van der Waals surface area contributed by atoms with E-state index in [0.717, 1.165) is 0 Å². The third-order valence-electron chi connectivity index (χ3n) is 2.08. The molecule has 1 unspecified atom stereocenters. The number of hydrogen-bond donors (Lipinski definition) is 2. The van der Waals surface area contributed by atoms with Crippen LogP contribution in [-0.2, 0) is 14.3 Å². The lowest BCUT2D eigenvalue weighted by Crippen LogP contribution is -2.31. The first-order valence-corrected chi connectivity index (χ1v) is 5.66. The first-order valence-electron chi connectivity index (χ1n) is 5.66. The number of aliphatic carboxylic acids is 1. The Morgan fingerprint density at radius 1 is 1.31 bits per heavy atom. The minimum Gasteiger partial charge on any atom is -0.481 e. The molecule has 1 amide bonds.